The van der Waals surface area contributed by atoms with Crippen molar-refractivity contribution in [3.63, 3.8) is 0 Å². The van der Waals surface area contributed by atoms with Gasteiger partial charge in [-0.15, -0.1) is 0 Å². The number of alkyl halides is 2. The van der Waals surface area contributed by atoms with E-state index in [4.69, 9.17) is 14.1 Å². The first kappa shape index (κ1) is 21.8. The second-order valence-electron chi connectivity index (χ2n) is 9.19. The van der Waals surface area contributed by atoms with Crippen molar-refractivity contribution in [2.75, 3.05) is 7.11 Å². The monoisotopic (exact) mass is 443 g/mol. The molecule has 8 heteroatoms. The zero-order chi connectivity index (χ0) is 21.7. The van der Waals surface area contributed by atoms with Crippen molar-refractivity contribution >= 4 is 10.3 Å². The van der Waals surface area contributed by atoms with E-state index in [0.29, 0.717) is 24.0 Å². The van der Waals surface area contributed by atoms with Crippen molar-refractivity contribution in [3.8, 4) is 11.5 Å². The Hall–Kier alpha value is -1.41. The van der Waals surface area contributed by atoms with Crippen molar-refractivity contribution in [1.29, 1.82) is 0 Å². The van der Waals surface area contributed by atoms with Gasteiger partial charge in [-0.25, -0.2) is 8.78 Å². The van der Waals surface area contributed by atoms with Crippen LogP contribution in [0.1, 0.15) is 68.9 Å². The summed E-state index contributed by atoms with van der Waals surface area (Å²) in [5.74, 6) is 0.920. The summed E-state index contributed by atoms with van der Waals surface area (Å²) in [6.45, 7) is 2.09. The van der Waals surface area contributed by atoms with Gasteiger partial charge in [-0.05, 0) is 91.4 Å². The Morgan fingerprint density at radius 3 is 2.60 bits per heavy atom. The van der Waals surface area contributed by atoms with E-state index in [1.54, 1.807) is 6.07 Å². The second kappa shape index (κ2) is 7.93. The molecule has 0 bridgehead atoms. The molecule has 0 radical (unpaired) electrons. The molecule has 30 heavy (non-hydrogen) atoms. The Morgan fingerprint density at radius 2 is 1.97 bits per heavy atom. The molecule has 0 heterocycles. The van der Waals surface area contributed by atoms with Crippen LogP contribution in [0.25, 0.3) is 0 Å². The molecular formula is C22H31F2NO4S. The first-order chi connectivity index (χ1) is 14.2. The van der Waals surface area contributed by atoms with Crippen LogP contribution in [0.4, 0.5) is 8.78 Å². The summed E-state index contributed by atoms with van der Waals surface area (Å²) in [6.07, 6.45) is 4.51. The number of aryl methyl sites for hydroxylation is 1. The quantitative estimate of drug-likeness (QED) is 0.709. The van der Waals surface area contributed by atoms with Gasteiger partial charge in [-0.2, -0.15) is 13.6 Å². The SMILES string of the molecule is CC[C@]12CC[C@@H]3c4cc(OC)c(OS(N)(=O)=O)cc4CC[C@H]3[C@@H]1CCCC2C(F)F. The summed E-state index contributed by atoms with van der Waals surface area (Å²) >= 11 is 0. The fourth-order valence-corrected chi connectivity index (χ4v) is 7.44. The summed E-state index contributed by atoms with van der Waals surface area (Å²) in [5.41, 5.74) is 1.93. The lowest BCUT2D eigenvalue weighted by Crippen LogP contribution is -2.51. The highest BCUT2D eigenvalue weighted by Gasteiger charge is 2.56. The maximum Gasteiger partial charge on any atom is 0.380 e. The molecule has 1 aromatic carbocycles. The highest BCUT2D eigenvalue weighted by atomic mass is 32.2. The van der Waals surface area contributed by atoms with E-state index in [1.165, 1.54) is 7.11 Å². The standard InChI is InChI=1S/C22H31F2NO4S/c1-3-22-10-9-14-15(17(22)5-4-6-18(22)21(23)24)8-7-13-11-20(29-30(25,26)27)19(28-2)12-16(13)14/h11-12,14-15,17-18,21H,3-10H2,1-2H3,(H2,25,26,27)/t14-,15+,17-,18?,22-/m0/s1. The van der Waals surface area contributed by atoms with Gasteiger partial charge in [-0.1, -0.05) is 13.3 Å². The largest absolute Gasteiger partial charge is 0.493 e. The maximum atomic E-state index is 14.0. The molecule has 5 nitrogen and oxygen atoms in total. The summed E-state index contributed by atoms with van der Waals surface area (Å²) < 4.78 is 61.1. The van der Waals surface area contributed by atoms with Gasteiger partial charge < -0.3 is 8.92 Å². The van der Waals surface area contributed by atoms with Crippen molar-refractivity contribution < 1.29 is 26.1 Å². The maximum absolute atomic E-state index is 14.0. The molecule has 3 aliphatic carbocycles. The van der Waals surface area contributed by atoms with Gasteiger partial charge in [0, 0.05) is 5.92 Å². The number of benzene rings is 1. The highest BCUT2D eigenvalue weighted by Crippen LogP contribution is 2.64. The Bertz CT molecular complexity index is 907. The Kier molecular flexibility index (Phi) is 5.77. The molecule has 168 valence electrons. The van der Waals surface area contributed by atoms with Crippen LogP contribution in [0.15, 0.2) is 12.1 Å². The molecule has 0 spiro atoms. The number of hydrogen-bond acceptors (Lipinski definition) is 4. The van der Waals surface area contributed by atoms with E-state index < -0.39 is 22.6 Å². The van der Waals surface area contributed by atoms with Crippen LogP contribution in [-0.2, 0) is 16.7 Å². The first-order valence-corrected chi connectivity index (χ1v) is 12.4. The average molecular weight is 444 g/mol. The molecule has 2 fully saturated rings. The molecule has 2 saturated carbocycles. The molecule has 0 amide bonds. The minimum Gasteiger partial charge on any atom is -0.493 e. The average Bonchev–Trinajstić information content (AvgIpc) is 2.70. The van der Waals surface area contributed by atoms with Crippen molar-refractivity contribution in [2.45, 2.75) is 70.6 Å². The molecule has 1 aromatic rings. The fraction of sp³-hybridized carbons (Fsp3) is 0.727. The van der Waals surface area contributed by atoms with E-state index in [-0.39, 0.29) is 17.1 Å². The normalized spacial score (nSPS) is 33.4. The van der Waals surface area contributed by atoms with Gasteiger partial charge in [0.1, 0.15) is 0 Å². The van der Waals surface area contributed by atoms with Crippen molar-refractivity contribution in [2.24, 2.45) is 28.3 Å². The number of fused-ring (bicyclic) bond motifs is 5. The lowest BCUT2D eigenvalue weighted by Gasteiger charge is -2.58. The number of methoxy groups -OCH3 is 1. The molecular weight excluding hydrogens is 412 g/mol. The fourth-order valence-electron chi connectivity index (χ4n) is 7.06. The molecule has 3 aliphatic rings. The first-order valence-electron chi connectivity index (χ1n) is 10.9. The molecule has 0 aliphatic heterocycles. The predicted molar refractivity (Wildman–Crippen MR) is 110 cm³/mol. The molecule has 2 N–H and O–H groups in total. The smallest absolute Gasteiger partial charge is 0.380 e. The Morgan fingerprint density at radius 1 is 1.20 bits per heavy atom. The second-order valence-corrected chi connectivity index (χ2v) is 10.3. The van der Waals surface area contributed by atoms with Crippen LogP contribution in [0.3, 0.4) is 0 Å². The predicted octanol–water partition coefficient (Wildman–Crippen LogP) is 4.80. The third-order valence-corrected chi connectivity index (χ3v) is 8.61. The lowest BCUT2D eigenvalue weighted by molar-refractivity contribution is -0.119. The lowest BCUT2D eigenvalue weighted by atomic mass is 9.46. The topological polar surface area (TPSA) is 78.6 Å². The third kappa shape index (κ3) is 3.60. The minimum atomic E-state index is -4.15. The van der Waals surface area contributed by atoms with E-state index in [9.17, 15) is 17.2 Å². The number of hydrogen-bond donors (Lipinski definition) is 1. The number of ether oxygens (including phenoxy) is 1. The molecule has 1 unspecified atom stereocenters. The molecule has 4 rings (SSSR count). The molecule has 0 aromatic heterocycles. The summed E-state index contributed by atoms with van der Waals surface area (Å²) in [5, 5.41) is 5.05. The van der Waals surface area contributed by atoms with E-state index in [2.05, 4.69) is 6.92 Å². The van der Waals surface area contributed by atoms with E-state index in [0.717, 1.165) is 56.1 Å². The molecule has 5 atom stereocenters. The van der Waals surface area contributed by atoms with Gasteiger partial charge in [0.2, 0.25) is 6.43 Å². The summed E-state index contributed by atoms with van der Waals surface area (Å²) in [6, 6.07) is 3.60. The van der Waals surface area contributed by atoms with Crippen molar-refractivity contribution in [3.05, 3.63) is 23.3 Å². The van der Waals surface area contributed by atoms with Gasteiger partial charge in [0.25, 0.3) is 0 Å². The summed E-state index contributed by atoms with van der Waals surface area (Å²) in [7, 11) is -2.68. The van der Waals surface area contributed by atoms with Crippen LogP contribution in [-0.4, -0.2) is 22.0 Å². The van der Waals surface area contributed by atoms with Crippen LogP contribution >= 0.6 is 0 Å². The number of halogens is 2. The van der Waals surface area contributed by atoms with Crippen LogP contribution in [0.2, 0.25) is 0 Å². The van der Waals surface area contributed by atoms with Crippen LogP contribution in [0, 0.1) is 23.2 Å². The minimum absolute atomic E-state index is 0.103. The molecule has 0 saturated heterocycles. The zero-order valence-electron chi connectivity index (χ0n) is 17.6. The van der Waals surface area contributed by atoms with E-state index in [1.807, 2.05) is 6.07 Å². The van der Waals surface area contributed by atoms with Gasteiger partial charge in [0.15, 0.2) is 11.5 Å². The highest BCUT2D eigenvalue weighted by molar-refractivity contribution is 7.84. The van der Waals surface area contributed by atoms with E-state index >= 15 is 0 Å². The Labute approximate surface area is 177 Å². The van der Waals surface area contributed by atoms with Gasteiger partial charge >= 0.3 is 10.3 Å². The van der Waals surface area contributed by atoms with Crippen molar-refractivity contribution in [1.82, 2.24) is 0 Å². The zero-order valence-corrected chi connectivity index (χ0v) is 18.4. The van der Waals surface area contributed by atoms with Crippen LogP contribution < -0.4 is 14.1 Å². The van der Waals surface area contributed by atoms with Crippen LogP contribution in [0.5, 0.6) is 11.5 Å². The summed E-state index contributed by atoms with van der Waals surface area (Å²) in [4.78, 5) is 0. The number of nitrogens with two attached hydrogens (primary N) is 1. The Balaban J connectivity index is 1.70. The third-order valence-electron chi connectivity index (χ3n) is 8.20. The number of rotatable bonds is 5. The van der Waals surface area contributed by atoms with Gasteiger partial charge in [-0.3, -0.25) is 0 Å². The van der Waals surface area contributed by atoms with Gasteiger partial charge in [0.05, 0.1) is 7.11 Å².